The maximum atomic E-state index is 13.9. The molecule has 206 valence electrons. The molecular weight excluding hydrogens is 514 g/mol. The number of nitrogens with zero attached hydrogens (tertiary/aromatic N) is 4. The number of pyridine rings is 1. The molecule has 7 rings (SSSR count). The summed E-state index contributed by atoms with van der Waals surface area (Å²) in [6.07, 6.45) is 3.41. The van der Waals surface area contributed by atoms with Crippen molar-refractivity contribution in [1.82, 2.24) is 20.2 Å². The van der Waals surface area contributed by atoms with Crippen LogP contribution < -0.4 is 10.2 Å². The Labute approximate surface area is 238 Å². The van der Waals surface area contributed by atoms with E-state index in [2.05, 4.69) is 10.3 Å². The Morgan fingerprint density at radius 3 is 2.46 bits per heavy atom. The van der Waals surface area contributed by atoms with Gasteiger partial charge in [-0.2, -0.15) is 4.98 Å². The van der Waals surface area contributed by atoms with Crippen molar-refractivity contribution < 1.29 is 14.0 Å². The summed E-state index contributed by atoms with van der Waals surface area (Å²) in [5, 5.41) is 4.07. The topological polar surface area (TPSA) is 91.6 Å². The third-order valence-electron chi connectivity index (χ3n) is 8.17. The minimum absolute atomic E-state index is 0.0352. The van der Waals surface area contributed by atoms with Crippen LogP contribution in [0, 0.1) is 0 Å². The van der Waals surface area contributed by atoms with Crippen LogP contribution in [-0.2, 0) is 4.79 Å². The van der Waals surface area contributed by atoms with Crippen molar-refractivity contribution in [2.75, 3.05) is 24.5 Å². The van der Waals surface area contributed by atoms with Crippen molar-refractivity contribution in [3.8, 4) is 11.3 Å². The van der Waals surface area contributed by atoms with Crippen molar-refractivity contribution in [2.45, 2.75) is 37.8 Å². The first-order chi connectivity index (χ1) is 20.1. The molecule has 0 saturated carbocycles. The van der Waals surface area contributed by atoms with Gasteiger partial charge in [-0.25, -0.2) is 4.98 Å². The molecule has 2 fully saturated rings. The Balaban J connectivity index is 1.08. The number of fused-ring (bicyclic) bond motifs is 2. The third kappa shape index (κ3) is 4.90. The zero-order chi connectivity index (χ0) is 27.8. The van der Waals surface area contributed by atoms with Crippen LogP contribution >= 0.6 is 0 Å². The molecule has 2 atom stereocenters. The molecule has 2 saturated heterocycles. The number of carbonyl (C=O) groups excluding carboxylic acids is 2. The molecule has 41 heavy (non-hydrogen) atoms. The summed E-state index contributed by atoms with van der Waals surface area (Å²) in [4.78, 5) is 40.7. The lowest BCUT2D eigenvalue weighted by atomic mass is 10.0. The van der Waals surface area contributed by atoms with Crippen molar-refractivity contribution in [3.63, 3.8) is 0 Å². The molecular formula is C33H31N5O3. The second kappa shape index (κ2) is 10.7. The van der Waals surface area contributed by atoms with Crippen LogP contribution in [0.1, 0.15) is 36.0 Å². The number of anilines is 1. The van der Waals surface area contributed by atoms with Crippen molar-refractivity contribution >= 4 is 39.8 Å². The highest BCUT2D eigenvalue weighted by Gasteiger charge is 2.35. The highest BCUT2D eigenvalue weighted by Crippen LogP contribution is 2.29. The lowest BCUT2D eigenvalue weighted by Gasteiger charge is -2.34. The van der Waals surface area contributed by atoms with E-state index in [1.807, 2.05) is 94.7 Å². The van der Waals surface area contributed by atoms with E-state index in [0.29, 0.717) is 31.1 Å². The van der Waals surface area contributed by atoms with Crippen LogP contribution in [0.3, 0.4) is 0 Å². The monoisotopic (exact) mass is 545 g/mol. The normalized spacial score (nSPS) is 19.1. The van der Waals surface area contributed by atoms with Crippen LogP contribution in [-0.4, -0.2) is 58.4 Å². The molecule has 3 aromatic carbocycles. The molecule has 0 bridgehead atoms. The summed E-state index contributed by atoms with van der Waals surface area (Å²) < 4.78 is 6.01. The molecule has 2 aromatic heterocycles. The Kier molecular flexibility index (Phi) is 6.59. The molecule has 0 aliphatic carbocycles. The second-order valence-electron chi connectivity index (χ2n) is 10.9. The second-order valence-corrected chi connectivity index (χ2v) is 10.9. The molecule has 0 spiro atoms. The number of oxazole rings is 1. The maximum absolute atomic E-state index is 13.9. The summed E-state index contributed by atoms with van der Waals surface area (Å²) in [7, 11) is 0. The Morgan fingerprint density at radius 2 is 1.61 bits per heavy atom. The Morgan fingerprint density at radius 1 is 0.829 bits per heavy atom. The van der Waals surface area contributed by atoms with Gasteiger partial charge in [-0.3, -0.25) is 9.59 Å². The van der Waals surface area contributed by atoms with Gasteiger partial charge in [0.1, 0.15) is 11.6 Å². The number of amides is 2. The minimum atomic E-state index is -0.348. The number of benzene rings is 3. The highest BCUT2D eigenvalue weighted by atomic mass is 16.4. The zero-order valence-corrected chi connectivity index (χ0v) is 22.7. The average molecular weight is 546 g/mol. The van der Waals surface area contributed by atoms with Gasteiger partial charge in [0.2, 0.25) is 5.91 Å². The van der Waals surface area contributed by atoms with E-state index < -0.39 is 0 Å². The minimum Gasteiger partial charge on any atom is -0.423 e. The molecule has 1 N–H and O–H groups in total. The quantitative estimate of drug-likeness (QED) is 0.317. The predicted octanol–water partition coefficient (Wildman–Crippen LogP) is 5.43. The molecule has 5 aromatic rings. The number of aromatic nitrogens is 2. The van der Waals surface area contributed by atoms with Crippen LogP contribution in [0.15, 0.2) is 89.3 Å². The third-order valence-corrected chi connectivity index (χ3v) is 8.17. The fourth-order valence-electron chi connectivity index (χ4n) is 6.06. The van der Waals surface area contributed by atoms with E-state index in [4.69, 9.17) is 9.40 Å². The summed E-state index contributed by atoms with van der Waals surface area (Å²) in [6.45, 7) is 1.77. The van der Waals surface area contributed by atoms with Gasteiger partial charge in [0.25, 0.3) is 11.9 Å². The molecule has 0 unspecified atom stereocenters. The molecule has 8 nitrogen and oxygen atoms in total. The lowest BCUT2D eigenvalue weighted by Crippen LogP contribution is -2.52. The van der Waals surface area contributed by atoms with Crippen molar-refractivity contribution in [1.29, 1.82) is 0 Å². The number of para-hydroxylation sites is 3. The van der Waals surface area contributed by atoms with Gasteiger partial charge < -0.3 is 19.5 Å². The number of hydrogen-bond donors (Lipinski definition) is 1. The standard InChI is InChI=1S/C33H31N5O3/c39-31(29-15-8-9-18-38(29)33-36-27-14-6-7-16-30(27)41-33)34-23-17-19-37(21-23)32(40)25-20-28(22-10-2-1-3-11-22)35-26-13-5-4-12-24(25)26/h1-7,10-14,16,20,23,29H,8-9,15,17-19,21H2,(H,34,39)/t23-,29-/m0/s1. The maximum Gasteiger partial charge on any atom is 0.299 e. The van der Waals surface area contributed by atoms with Gasteiger partial charge in [0.15, 0.2) is 5.58 Å². The number of likely N-dealkylation sites (tertiary alicyclic amines) is 1. The Bertz CT molecular complexity index is 1700. The molecule has 2 aliphatic heterocycles. The fourth-order valence-corrected chi connectivity index (χ4v) is 6.06. The molecule has 8 heteroatoms. The molecule has 0 radical (unpaired) electrons. The number of nitrogens with one attached hydrogen (secondary N) is 1. The smallest absolute Gasteiger partial charge is 0.299 e. The average Bonchev–Trinajstić information content (AvgIpc) is 3.68. The van der Waals surface area contributed by atoms with Gasteiger partial charge in [-0.1, -0.05) is 60.7 Å². The molecule has 2 amide bonds. The van der Waals surface area contributed by atoms with Crippen LogP contribution in [0.25, 0.3) is 33.3 Å². The number of hydrogen-bond acceptors (Lipinski definition) is 6. The summed E-state index contributed by atoms with van der Waals surface area (Å²) in [5.74, 6) is -0.0738. The SMILES string of the molecule is O=C(N[C@H]1CCN(C(=O)c2cc(-c3ccccc3)nc3ccccc23)C1)[C@@H]1CCCCN1c1nc2ccccc2o1. The zero-order valence-electron chi connectivity index (χ0n) is 22.7. The van der Waals surface area contributed by atoms with Gasteiger partial charge in [0, 0.05) is 36.6 Å². The first kappa shape index (κ1) is 25.3. The highest BCUT2D eigenvalue weighted by molar-refractivity contribution is 6.07. The van der Waals surface area contributed by atoms with E-state index in [1.54, 1.807) is 0 Å². The molecule has 4 heterocycles. The van der Waals surface area contributed by atoms with E-state index >= 15 is 0 Å². The summed E-state index contributed by atoms with van der Waals surface area (Å²) in [6, 6.07) is 27.3. The summed E-state index contributed by atoms with van der Waals surface area (Å²) >= 11 is 0. The van der Waals surface area contributed by atoms with E-state index in [0.717, 1.165) is 59.1 Å². The number of carbonyl (C=O) groups is 2. The van der Waals surface area contributed by atoms with Gasteiger partial charge in [0.05, 0.1) is 16.8 Å². The first-order valence-corrected chi connectivity index (χ1v) is 14.3. The summed E-state index contributed by atoms with van der Waals surface area (Å²) in [5.41, 5.74) is 4.67. The van der Waals surface area contributed by atoms with E-state index in [9.17, 15) is 9.59 Å². The predicted molar refractivity (Wildman–Crippen MR) is 159 cm³/mol. The van der Waals surface area contributed by atoms with Gasteiger partial charge in [-0.15, -0.1) is 0 Å². The van der Waals surface area contributed by atoms with E-state index in [-0.39, 0.29) is 23.9 Å². The number of rotatable bonds is 5. The van der Waals surface area contributed by atoms with Gasteiger partial charge >= 0.3 is 0 Å². The Hall–Kier alpha value is -4.72. The van der Waals surface area contributed by atoms with Crippen LogP contribution in [0.2, 0.25) is 0 Å². The van der Waals surface area contributed by atoms with Crippen LogP contribution in [0.4, 0.5) is 6.01 Å². The lowest BCUT2D eigenvalue weighted by molar-refractivity contribution is -0.123. The van der Waals surface area contributed by atoms with Crippen molar-refractivity contribution in [3.05, 3.63) is 90.5 Å². The molecule has 2 aliphatic rings. The number of piperidine rings is 1. The fraction of sp³-hybridized carbons (Fsp3) is 0.273. The van der Waals surface area contributed by atoms with E-state index in [1.165, 1.54) is 0 Å². The van der Waals surface area contributed by atoms with Crippen molar-refractivity contribution in [2.24, 2.45) is 0 Å². The van der Waals surface area contributed by atoms with Gasteiger partial charge in [-0.05, 0) is 49.9 Å². The van der Waals surface area contributed by atoms with Crippen LogP contribution in [0.5, 0.6) is 0 Å². The first-order valence-electron chi connectivity index (χ1n) is 14.3. The largest absolute Gasteiger partial charge is 0.423 e.